The van der Waals surface area contributed by atoms with Gasteiger partial charge >= 0.3 is 6.36 Å². The van der Waals surface area contributed by atoms with Crippen molar-refractivity contribution in [1.29, 1.82) is 5.26 Å². The van der Waals surface area contributed by atoms with Crippen LogP contribution in [0.2, 0.25) is 0 Å². The summed E-state index contributed by atoms with van der Waals surface area (Å²) in [6.07, 6.45) is 0.0932. The fraction of sp³-hybridized carbons (Fsp3) is 0.105. The molecule has 8 heteroatoms. The maximum absolute atomic E-state index is 12.3. The third-order valence-electron chi connectivity index (χ3n) is 3.64. The predicted molar refractivity (Wildman–Crippen MR) is 92.2 cm³/mol. The van der Waals surface area contributed by atoms with E-state index in [1.807, 2.05) is 18.2 Å². The van der Waals surface area contributed by atoms with Crippen LogP contribution in [0.5, 0.6) is 5.75 Å². The summed E-state index contributed by atoms with van der Waals surface area (Å²) in [7, 11) is 0. The van der Waals surface area contributed by atoms with Crippen LogP contribution < -0.4 is 4.74 Å². The van der Waals surface area contributed by atoms with Crippen molar-refractivity contribution in [1.82, 2.24) is 14.8 Å². The van der Waals surface area contributed by atoms with E-state index >= 15 is 0 Å². The van der Waals surface area contributed by atoms with Crippen LogP contribution in [0.3, 0.4) is 0 Å². The molecule has 3 rings (SSSR count). The van der Waals surface area contributed by atoms with Gasteiger partial charge in [0.15, 0.2) is 0 Å². The second-order valence-electron chi connectivity index (χ2n) is 5.57. The van der Waals surface area contributed by atoms with E-state index in [-0.39, 0.29) is 5.75 Å². The zero-order valence-electron chi connectivity index (χ0n) is 13.9. The van der Waals surface area contributed by atoms with Crippen LogP contribution in [0.25, 0.3) is 11.6 Å². The predicted octanol–water partition coefficient (Wildman–Crippen LogP) is 4.29. The monoisotopic (exact) mass is 370 g/mol. The molecule has 2 aromatic carbocycles. The molecular formula is C19H13F3N4O. The maximum Gasteiger partial charge on any atom is 0.573 e. The molecule has 5 nitrogen and oxygen atoms in total. The van der Waals surface area contributed by atoms with E-state index in [9.17, 15) is 13.2 Å². The summed E-state index contributed by atoms with van der Waals surface area (Å²) in [5, 5.41) is 13.0. The minimum atomic E-state index is -4.72. The molecule has 0 unspecified atom stereocenters. The van der Waals surface area contributed by atoms with Gasteiger partial charge in [0.1, 0.15) is 18.4 Å². The number of ether oxygens (including phenoxy) is 1. The third kappa shape index (κ3) is 5.19. The minimum absolute atomic E-state index is 0.282. The second kappa shape index (κ2) is 7.74. The molecule has 0 atom stereocenters. The Balaban J connectivity index is 1.90. The molecule has 136 valence electrons. The van der Waals surface area contributed by atoms with Gasteiger partial charge in [0, 0.05) is 0 Å². The Labute approximate surface area is 153 Å². The van der Waals surface area contributed by atoms with Crippen LogP contribution in [0.1, 0.15) is 16.7 Å². The lowest BCUT2D eigenvalue weighted by Crippen LogP contribution is -2.16. The second-order valence-corrected chi connectivity index (χ2v) is 5.57. The smallest absolute Gasteiger partial charge is 0.406 e. The van der Waals surface area contributed by atoms with E-state index in [0.29, 0.717) is 17.7 Å². The molecule has 0 bridgehead atoms. The molecular weight excluding hydrogens is 357 g/mol. The van der Waals surface area contributed by atoms with E-state index < -0.39 is 6.36 Å². The summed E-state index contributed by atoms with van der Waals surface area (Å²) >= 11 is 0. The molecule has 0 aliphatic rings. The summed E-state index contributed by atoms with van der Waals surface area (Å²) in [6.45, 7) is 0.409. The van der Waals surface area contributed by atoms with Crippen molar-refractivity contribution in [3.63, 3.8) is 0 Å². The van der Waals surface area contributed by atoms with E-state index in [1.54, 1.807) is 23.1 Å². The Morgan fingerprint density at radius 2 is 1.81 bits per heavy atom. The summed E-state index contributed by atoms with van der Waals surface area (Å²) in [6, 6.07) is 14.7. The van der Waals surface area contributed by atoms with Crippen molar-refractivity contribution in [3.8, 4) is 11.8 Å². The lowest BCUT2D eigenvalue weighted by molar-refractivity contribution is -0.274. The number of rotatable bonds is 5. The highest BCUT2D eigenvalue weighted by molar-refractivity contribution is 5.81. The lowest BCUT2D eigenvalue weighted by Gasteiger charge is -2.10. The van der Waals surface area contributed by atoms with Crippen LogP contribution >= 0.6 is 0 Å². The van der Waals surface area contributed by atoms with Crippen molar-refractivity contribution < 1.29 is 17.9 Å². The summed E-state index contributed by atoms with van der Waals surface area (Å²) < 4.78 is 42.3. The zero-order chi connectivity index (χ0) is 19.3. The van der Waals surface area contributed by atoms with Gasteiger partial charge in [0.05, 0.1) is 18.2 Å². The van der Waals surface area contributed by atoms with Gasteiger partial charge in [0.25, 0.3) is 0 Å². The number of halogens is 3. The minimum Gasteiger partial charge on any atom is -0.406 e. The molecule has 0 fully saturated rings. The molecule has 0 amide bonds. The molecule has 0 spiro atoms. The number of nitrogens with zero attached hydrogens (tertiary/aromatic N) is 4. The highest BCUT2D eigenvalue weighted by Crippen LogP contribution is 2.25. The molecule has 0 radical (unpaired) electrons. The van der Waals surface area contributed by atoms with Crippen LogP contribution in [0.15, 0.2) is 61.2 Å². The lowest BCUT2D eigenvalue weighted by atomic mass is 10.0. The first-order valence-electron chi connectivity index (χ1n) is 7.82. The summed E-state index contributed by atoms with van der Waals surface area (Å²) in [5.41, 5.74) is 2.95. The van der Waals surface area contributed by atoms with Gasteiger partial charge in [-0.1, -0.05) is 24.3 Å². The normalized spacial score (nSPS) is 11.9. The molecule has 0 aliphatic heterocycles. The Morgan fingerprint density at radius 3 is 2.37 bits per heavy atom. The van der Waals surface area contributed by atoms with Crippen LogP contribution in [-0.2, 0) is 6.54 Å². The van der Waals surface area contributed by atoms with Gasteiger partial charge < -0.3 is 4.74 Å². The highest BCUT2D eigenvalue weighted by Gasteiger charge is 2.30. The number of hydrogen-bond acceptors (Lipinski definition) is 4. The van der Waals surface area contributed by atoms with E-state index in [2.05, 4.69) is 20.9 Å². The fourth-order valence-electron chi connectivity index (χ4n) is 2.43. The Hall–Kier alpha value is -3.60. The molecule has 0 saturated carbocycles. The topological polar surface area (TPSA) is 63.7 Å². The Bertz CT molecular complexity index is 954. The van der Waals surface area contributed by atoms with Gasteiger partial charge in [-0.25, -0.2) is 9.67 Å². The third-order valence-corrected chi connectivity index (χ3v) is 3.64. The average molecular weight is 370 g/mol. The summed E-state index contributed by atoms with van der Waals surface area (Å²) in [5.74, 6) is -0.282. The first-order valence-corrected chi connectivity index (χ1v) is 7.82. The van der Waals surface area contributed by atoms with Gasteiger partial charge in [-0.15, -0.1) is 13.2 Å². The largest absolute Gasteiger partial charge is 0.573 e. The van der Waals surface area contributed by atoms with E-state index in [4.69, 9.17) is 5.26 Å². The van der Waals surface area contributed by atoms with Crippen LogP contribution in [0, 0.1) is 11.3 Å². The zero-order valence-corrected chi connectivity index (χ0v) is 13.9. The number of benzene rings is 2. The van der Waals surface area contributed by atoms with Gasteiger partial charge in [-0.05, 0) is 47.0 Å². The number of alkyl halides is 3. The quantitative estimate of drug-likeness (QED) is 0.629. The van der Waals surface area contributed by atoms with Crippen molar-refractivity contribution in [2.75, 3.05) is 0 Å². The average Bonchev–Trinajstić information content (AvgIpc) is 3.15. The molecule has 0 aliphatic carbocycles. The van der Waals surface area contributed by atoms with E-state index in [1.165, 1.54) is 30.6 Å². The molecule has 27 heavy (non-hydrogen) atoms. The van der Waals surface area contributed by atoms with Gasteiger partial charge in [-0.3, -0.25) is 0 Å². The fourth-order valence-corrected chi connectivity index (χ4v) is 2.43. The van der Waals surface area contributed by atoms with Crippen molar-refractivity contribution in [2.45, 2.75) is 12.9 Å². The van der Waals surface area contributed by atoms with Crippen LogP contribution in [0.4, 0.5) is 13.2 Å². The number of hydrogen-bond donors (Lipinski definition) is 0. The SMILES string of the molecule is N#Cc1ccc(/C(=C\c2ccc(OC(F)(F)F)cc2)Cn2cncn2)cc1. The standard InChI is InChI=1S/C19H13F3N4O/c20-19(21,22)27-18-7-3-14(4-8-18)9-17(11-26-13-24-12-25-26)16-5-1-15(10-23)2-6-16/h1-9,12-13H,11H2/b17-9-. The molecule has 1 heterocycles. The Kier molecular flexibility index (Phi) is 5.22. The number of aromatic nitrogens is 3. The van der Waals surface area contributed by atoms with Crippen molar-refractivity contribution in [2.24, 2.45) is 0 Å². The first kappa shape index (κ1) is 18.2. The van der Waals surface area contributed by atoms with Gasteiger partial charge in [-0.2, -0.15) is 10.4 Å². The number of nitriles is 1. The molecule has 3 aromatic rings. The van der Waals surface area contributed by atoms with Crippen molar-refractivity contribution >= 4 is 11.6 Å². The molecule has 1 aromatic heterocycles. The summed E-state index contributed by atoms with van der Waals surface area (Å²) in [4.78, 5) is 3.91. The number of allylic oxidation sites excluding steroid dienone is 1. The maximum atomic E-state index is 12.3. The van der Waals surface area contributed by atoms with Gasteiger partial charge in [0.2, 0.25) is 0 Å². The van der Waals surface area contributed by atoms with E-state index in [0.717, 1.165) is 11.1 Å². The Morgan fingerprint density at radius 1 is 1.11 bits per heavy atom. The molecule has 0 saturated heterocycles. The molecule has 0 N–H and O–H groups in total. The van der Waals surface area contributed by atoms with Crippen LogP contribution in [-0.4, -0.2) is 21.1 Å². The van der Waals surface area contributed by atoms with Crippen molar-refractivity contribution in [3.05, 3.63) is 77.9 Å². The highest BCUT2D eigenvalue weighted by atomic mass is 19.4. The first-order chi connectivity index (χ1) is 12.9.